The number of fused-ring (bicyclic) bond motifs is 7. The number of carboxylic acid groups (broad SMARTS) is 1. The number of aromatic nitrogens is 1. The Kier molecular flexibility index (Phi) is 10.4. The van der Waals surface area contributed by atoms with Crippen LogP contribution in [-0.2, 0) is 19.1 Å². The third-order valence-electron chi connectivity index (χ3n) is 15.5. The number of halogens is 1. The molecule has 4 saturated carbocycles. The van der Waals surface area contributed by atoms with E-state index >= 15 is 0 Å². The SMILES string of the molecule is CC(C)C1=C2C3CCC4C(C)(CCC5C(C)(C)C(OC(=O)CC(C)(C)C(=O)O)CCC54C)C3CCC2(C(O)CNC(C)c2ccc(Cl)cn2)CC1=O. The third kappa shape index (κ3) is 6.38. The van der Waals surface area contributed by atoms with Gasteiger partial charge in [-0.25, -0.2) is 0 Å². The number of nitrogens with zero attached hydrogens (tertiary/aromatic N) is 1. The van der Waals surface area contributed by atoms with Gasteiger partial charge >= 0.3 is 11.9 Å². The molecule has 0 aromatic carbocycles. The van der Waals surface area contributed by atoms with E-state index in [2.05, 4.69) is 51.8 Å². The lowest BCUT2D eigenvalue weighted by Crippen LogP contribution is -2.63. The number of nitrogens with one attached hydrogen (secondary N) is 1. The highest BCUT2D eigenvalue weighted by Gasteiger charge is 2.67. The first-order valence-electron chi connectivity index (χ1n) is 19.9. The molecule has 6 rings (SSSR count). The van der Waals surface area contributed by atoms with E-state index < -0.39 is 28.9 Å². The van der Waals surface area contributed by atoms with Gasteiger partial charge < -0.3 is 20.3 Å². The molecule has 0 aliphatic heterocycles. The highest BCUT2D eigenvalue weighted by atomic mass is 35.5. The average molecular weight is 739 g/mol. The van der Waals surface area contributed by atoms with Crippen LogP contribution in [0.5, 0.6) is 0 Å². The molecule has 0 bridgehead atoms. The molecule has 0 saturated heterocycles. The van der Waals surface area contributed by atoms with Crippen LogP contribution in [-0.4, -0.2) is 51.7 Å². The molecule has 4 fully saturated rings. The Bertz CT molecular complexity index is 1600. The lowest BCUT2D eigenvalue weighted by molar-refractivity contribution is -0.214. The number of aliphatic hydroxyl groups excluding tert-OH is 1. The van der Waals surface area contributed by atoms with Crippen molar-refractivity contribution in [1.29, 1.82) is 0 Å². The molecule has 9 heteroatoms. The van der Waals surface area contributed by atoms with E-state index in [-0.39, 0.29) is 52.4 Å². The summed E-state index contributed by atoms with van der Waals surface area (Å²) in [5.41, 5.74) is 1.37. The molecule has 52 heavy (non-hydrogen) atoms. The van der Waals surface area contributed by atoms with Crippen LogP contribution >= 0.6 is 11.6 Å². The number of carbonyl (C=O) groups excluding carboxylic acids is 2. The van der Waals surface area contributed by atoms with Crippen LogP contribution in [0.1, 0.15) is 138 Å². The second-order valence-corrected chi connectivity index (χ2v) is 19.9. The van der Waals surface area contributed by atoms with Crippen molar-refractivity contribution in [2.45, 2.75) is 145 Å². The molecule has 10 atom stereocenters. The van der Waals surface area contributed by atoms with E-state index in [0.29, 0.717) is 35.7 Å². The quantitative estimate of drug-likeness (QED) is 0.204. The van der Waals surface area contributed by atoms with Gasteiger partial charge in [0.2, 0.25) is 0 Å². The fourth-order valence-electron chi connectivity index (χ4n) is 12.8. The largest absolute Gasteiger partial charge is 0.481 e. The summed E-state index contributed by atoms with van der Waals surface area (Å²) in [7, 11) is 0. The van der Waals surface area contributed by atoms with E-state index in [9.17, 15) is 24.6 Å². The number of rotatable bonds is 10. The Morgan fingerprint density at radius 3 is 2.33 bits per heavy atom. The number of allylic oxidation sites excluding steroid dienone is 1. The molecule has 8 nitrogen and oxygen atoms in total. The topological polar surface area (TPSA) is 126 Å². The minimum Gasteiger partial charge on any atom is -0.481 e. The molecule has 288 valence electrons. The Hall–Kier alpha value is -2.29. The zero-order valence-corrected chi connectivity index (χ0v) is 33.7. The Morgan fingerprint density at radius 1 is 1.00 bits per heavy atom. The summed E-state index contributed by atoms with van der Waals surface area (Å²) >= 11 is 6.08. The fraction of sp³-hybridized carbons (Fsp3) is 0.767. The summed E-state index contributed by atoms with van der Waals surface area (Å²) in [4.78, 5) is 43.2. The summed E-state index contributed by atoms with van der Waals surface area (Å²) in [5.74, 6) is 0.532. The monoisotopic (exact) mass is 738 g/mol. The first kappa shape index (κ1) is 39.4. The number of ether oxygens (including phenoxy) is 1. The van der Waals surface area contributed by atoms with Gasteiger partial charge in [0, 0.05) is 36.0 Å². The number of Topliss-reactive ketones (excluding diaryl/α,β-unsaturated/α-hetero) is 1. The van der Waals surface area contributed by atoms with Crippen LogP contribution in [0, 0.1) is 56.7 Å². The second kappa shape index (κ2) is 13.8. The van der Waals surface area contributed by atoms with E-state index in [1.807, 2.05) is 19.1 Å². The number of ketones is 1. The summed E-state index contributed by atoms with van der Waals surface area (Å²) < 4.78 is 6.15. The molecule has 10 unspecified atom stereocenters. The van der Waals surface area contributed by atoms with E-state index in [4.69, 9.17) is 16.3 Å². The molecule has 0 amide bonds. The number of hydrogen-bond donors (Lipinski definition) is 3. The fourth-order valence-corrected chi connectivity index (χ4v) is 12.9. The first-order chi connectivity index (χ1) is 24.2. The number of hydrogen-bond acceptors (Lipinski definition) is 7. The molecule has 5 aliphatic rings. The maximum absolute atomic E-state index is 14.0. The highest BCUT2D eigenvalue weighted by molar-refractivity contribution is 6.30. The predicted octanol–water partition coefficient (Wildman–Crippen LogP) is 8.75. The van der Waals surface area contributed by atoms with Crippen LogP contribution in [0.2, 0.25) is 5.02 Å². The summed E-state index contributed by atoms with van der Waals surface area (Å²) in [6.45, 7) is 19.5. The summed E-state index contributed by atoms with van der Waals surface area (Å²) in [5, 5.41) is 25.9. The standard InChI is InChI=1S/C43H63ClN2O6/c1-24(2)36-30(47)20-43(33(48)23-45-25(3)29-12-10-26(44)22-46-29)19-14-28-27(37(36)43)11-13-32-41(28,8)17-15-31-40(6,7)34(16-18-42(31,32)9)52-35(49)21-39(4,5)38(50)51/h10,12,22,24-25,27-28,31-34,45,48H,11,13-21,23H2,1-9H3,(H,50,51). The van der Waals surface area contributed by atoms with Crippen molar-refractivity contribution in [3.63, 3.8) is 0 Å². The Labute approximate surface area is 316 Å². The zero-order valence-electron chi connectivity index (χ0n) is 33.0. The number of aliphatic hydroxyl groups is 1. The number of aliphatic carboxylic acids is 1. The molecule has 1 aromatic heterocycles. The number of carbonyl (C=O) groups is 3. The molecule has 3 N–H and O–H groups in total. The third-order valence-corrected chi connectivity index (χ3v) is 15.7. The second-order valence-electron chi connectivity index (χ2n) is 19.5. The van der Waals surface area contributed by atoms with Gasteiger partial charge in [-0.05, 0) is 130 Å². The van der Waals surface area contributed by atoms with Crippen molar-refractivity contribution in [3.8, 4) is 0 Å². The normalized spacial score (nSPS) is 36.7. The number of esters is 1. The van der Waals surface area contributed by atoms with Gasteiger partial charge in [0.05, 0.1) is 28.7 Å². The van der Waals surface area contributed by atoms with Crippen LogP contribution in [0.3, 0.4) is 0 Å². The van der Waals surface area contributed by atoms with E-state index in [0.717, 1.165) is 62.6 Å². The van der Waals surface area contributed by atoms with Crippen molar-refractivity contribution in [2.75, 3.05) is 6.54 Å². The zero-order chi connectivity index (χ0) is 38.2. The first-order valence-corrected chi connectivity index (χ1v) is 20.3. The summed E-state index contributed by atoms with van der Waals surface area (Å²) in [6.07, 6.45) is 8.84. The molecule has 0 radical (unpaired) electrons. The van der Waals surface area contributed by atoms with Crippen LogP contribution in [0.4, 0.5) is 0 Å². The van der Waals surface area contributed by atoms with Gasteiger partial charge in [-0.1, -0.05) is 58.7 Å². The van der Waals surface area contributed by atoms with E-state index in [1.165, 1.54) is 5.57 Å². The number of carboxylic acids is 1. The predicted molar refractivity (Wildman–Crippen MR) is 202 cm³/mol. The van der Waals surface area contributed by atoms with E-state index in [1.54, 1.807) is 20.0 Å². The Morgan fingerprint density at radius 2 is 1.69 bits per heavy atom. The van der Waals surface area contributed by atoms with Gasteiger partial charge in [0.1, 0.15) is 6.10 Å². The van der Waals surface area contributed by atoms with Crippen LogP contribution < -0.4 is 5.32 Å². The number of pyridine rings is 1. The van der Waals surface area contributed by atoms with Gasteiger partial charge in [-0.15, -0.1) is 0 Å². The van der Waals surface area contributed by atoms with Crippen molar-refractivity contribution >= 4 is 29.3 Å². The van der Waals surface area contributed by atoms with Crippen LogP contribution in [0.15, 0.2) is 29.5 Å². The molecule has 1 aromatic rings. The minimum absolute atomic E-state index is 0.0708. The van der Waals surface area contributed by atoms with Gasteiger partial charge in [0.15, 0.2) is 5.78 Å². The highest BCUT2D eigenvalue weighted by Crippen LogP contribution is 2.73. The average Bonchev–Trinajstić information content (AvgIpc) is 3.38. The molecular weight excluding hydrogens is 676 g/mol. The van der Waals surface area contributed by atoms with Crippen molar-refractivity contribution in [3.05, 3.63) is 40.2 Å². The summed E-state index contributed by atoms with van der Waals surface area (Å²) in [6, 6.07) is 3.68. The van der Waals surface area contributed by atoms with Crippen molar-refractivity contribution < 1.29 is 29.3 Å². The molecule has 0 spiro atoms. The maximum Gasteiger partial charge on any atom is 0.309 e. The van der Waals surface area contributed by atoms with Crippen molar-refractivity contribution in [2.24, 2.45) is 56.7 Å². The molecule has 5 aliphatic carbocycles. The minimum atomic E-state index is -1.16. The smallest absolute Gasteiger partial charge is 0.309 e. The molecular formula is C43H63ClN2O6. The van der Waals surface area contributed by atoms with Crippen molar-refractivity contribution in [1.82, 2.24) is 10.3 Å². The lowest BCUT2D eigenvalue weighted by Gasteiger charge is -2.69. The lowest BCUT2D eigenvalue weighted by atomic mass is 9.36. The van der Waals surface area contributed by atoms with Gasteiger partial charge in [0.25, 0.3) is 0 Å². The van der Waals surface area contributed by atoms with Crippen LogP contribution in [0.25, 0.3) is 0 Å². The maximum atomic E-state index is 14.0. The van der Waals surface area contributed by atoms with Gasteiger partial charge in [-0.3, -0.25) is 19.4 Å². The Balaban J connectivity index is 1.23. The molecule has 1 heterocycles. The van der Waals surface area contributed by atoms with Gasteiger partial charge in [-0.2, -0.15) is 0 Å².